The Balaban J connectivity index is 1.92. The van der Waals surface area contributed by atoms with Gasteiger partial charge in [-0.1, -0.05) is 23.9 Å². The molecular weight excluding hydrogens is 309 g/mol. The van der Waals surface area contributed by atoms with E-state index in [1.165, 1.54) is 23.1 Å². The fourth-order valence-corrected chi connectivity index (χ4v) is 4.23. The van der Waals surface area contributed by atoms with Crippen LogP contribution in [0.3, 0.4) is 0 Å². The standard InChI is InChI=1S/C13H12BNO4S2/c1-7-2-3-8-6-9(21-13-15-4-5-20-13)14(18)19-11(8)10(7)12(16)17/h2-5,9,18H,6H2,1H3,(H,16,17)/t9-/m0/s1. The molecule has 0 amide bonds. The minimum absolute atomic E-state index is 0.129. The van der Waals surface area contributed by atoms with E-state index in [1.807, 2.05) is 11.4 Å². The number of hydrogen-bond donors (Lipinski definition) is 2. The van der Waals surface area contributed by atoms with Gasteiger partial charge in [0.1, 0.15) is 15.7 Å². The van der Waals surface area contributed by atoms with E-state index in [-0.39, 0.29) is 16.5 Å². The highest BCUT2D eigenvalue weighted by atomic mass is 32.2. The number of rotatable bonds is 3. The Morgan fingerprint density at radius 3 is 3.05 bits per heavy atom. The molecular formula is C13H12BNO4S2. The normalized spacial score (nSPS) is 17.2. The summed E-state index contributed by atoms with van der Waals surface area (Å²) >= 11 is 2.95. The van der Waals surface area contributed by atoms with Gasteiger partial charge in [0.25, 0.3) is 0 Å². The third-order valence-electron chi connectivity index (χ3n) is 3.30. The molecule has 2 aromatic rings. The van der Waals surface area contributed by atoms with Crippen LogP contribution in [0.5, 0.6) is 5.75 Å². The van der Waals surface area contributed by atoms with Crippen molar-refractivity contribution in [1.82, 2.24) is 4.98 Å². The van der Waals surface area contributed by atoms with E-state index in [0.29, 0.717) is 12.0 Å². The van der Waals surface area contributed by atoms with Crippen LogP contribution < -0.4 is 4.65 Å². The summed E-state index contributed by atoms with van der Waals surface area (Å²) in [5.74, 6) is -0.756. The van der Waals surface area contributed by atoms with E-state index in [1.54, 1.807) is 19.2 Å². The highest BCUT2D eigenvalue weighted by Gasteiger charge is 2.38. The second kappa shape index (κ2) is 5.71. The summed E-state index contributed by atoms with van der Waals surface area (Å²) in [4.78, 5) is 15.5. The molecule has 1 aromatic heterocycles. The molecule has 0 saturated carbocycles. The van der Waals surface area contributed by atoms with Crippen molar-refractivity contribution in [3.05, 3.63) is 40.4 Å². The van der Waals surface area contributed by atoms with E-state index in [4.69, 9.17) is 4.65 Å². The summed E-state index contributed by atoms with van der Waals surface area (Å²) in [5, 5.41) is 21.1. The lowest BCUT2D eigenvalue weighted by atomic mass is 9.77. The molecule has 0 fully saturated rings. The molecule has 3 rings (SSSR count). The summed E-state index contributed by atoms with van der Waals surface area (Å²) in [6.45, 7) is 1.72. The third-order valence-corrected chi connectivity index (χ3v) is 5.45. The van der Waals surface area contributed by atoms with Crippen LogP contribution in [0, 0.1) is 6.92 Å². The van der Waals surface area contributed by atoms with E-state index < -0.39 is 13.1 Å². The molecule has 1 aromatic carbocycles. The van der Waals surface area contributed by atoms with Crippen LogP contribution in [0.15, 0.2) is 28.0 Å². The molecule has 0 bridgehead atoms. The first kappa shape index (κ1) is 14.4. The average molecular weight is 321 g/mol. The Labute approximate surface area is 130 Å². The molecule has 1 aliphatic heterocycles. The van der Waals surface area contributed by atoms with Gasteiger partial charge in [0.05, 0.1) is 5.15 Å². The van der Waals surface area contributed by atoms with Crippen molar-refractivity contribution >= 4 is 36.2 Å². The number of aryl methyl sites for hydroxylation is 1. The van der Waals surface area contributed by atoms with Crippen molar-refractivity contribution in [2.24, 2.45) is 0 Å². The molecule has 2 N–H and O–H groups in total. The van der Waals surface area contributed by atoms with Crippen molar-refractivity contribution in [2.45, 2.75) is 22.8 Å². The number of thiazole rings is 1. The molecule has 5 nitrogen and oxygen atoms in total. The van der Waals surface area contributed by atoms with Gasteiger partial charge >= 0.3 is 13.1 Å². The van der Waals surface area contributed by atoms with E-state index in [0.717, 1.165) is 9.90 Å². The quantitative estimate of drug-likeness (QED) is 0.844. The number of carbonyl (C=O) groups is 1. The maximum atomic E-state index is 11.4. The van der Waals surface area contributed by atoms with Crippen LogP contribution in [0.4, 0.5) is 0 Å². The molecule has 2 heterocycles. The number of fused-ring (bicyclic) bond motifs is 1. The number of carboxylic acid groups (broad SMARTS) is 1. The number of benzene rings is 1. The molecule has 108 valence electrons. The van der Waals surface area contributed by atoms with Gasteiger partial charge in [-0.3, -0.25) is 0 Å². The number of aromatic nitrogens is 1. The number of aromatic carboxylic acids is 1. The lowest BCUT2D eigenvalue weighted by Crippen LogP contribution is -2.40. The zero-order valence-electron chi connectivity index (χ0n) is 11.1. The zero-order chi connectivity index (χ0) is 15.0. The SMILES string of the molecule is Cc1ccc2c(c1C(=O)O)OB(O)[C@@H](Sc1nccs1)C2. The summed E-state index contributed by atoms with van der Waals surface area (Å²) < 4.78 is 6.36. The molecule has 0 aliphatic carbocycles. The number of nitrogens with zero attached hydrogens (tertiary/aromatic N) is 1. The Kier molecular flexibility index (Phi) is 3.92. The van der Waals surface area contributed by atoms with Gasteiger partial charge in [0.2, 0.25) is 0 Å². The Hall–Kier alpha value is -1.51. The smallest absolute Gasteiger partial charge is 0.535 e. The van der Waals surface area contributed by atoms with Crippen LogP contribution in [-0.2, 0) is 6.42 Å². The van der Waals surface area contributed by atoms with Crippen molar-refractivity contribution < 1.29 is 19.6 Å². The predicted octanol–water partition coefficient (Wildman–Crippen LogP) is 2.27. The average Bonchev–Trinajstić information content (AvgIpc) is 2.92. The molecule has 0 saturated heterocycles. The molecule has 0 unspecified atom stereocenters. The number of thioether (sulfide) groups is 1. The first-order valence-electron chi connectivity index (χ1n) is 6.33. The van der Waals surface area contributed by atoms with Crippen LogP contribution in [-0.4, -0.2) is 33.4 Å². The molecule has 1 atom stereocenters. The lowest BCUT2D eigenvalue weighted by molar-refractivity contribution is 0.0693. The van der Waals surface area contributed by atoms with Gasteiger partial charge in [0, 0.05) is 11.6 Å². The second-order valence-electron chi connectivity index (χ2n) is 4.72. The minimum atomic E-state index is -1.05. The number of hydrogen-bond acceptors (Lipinski definition) is 6. The predicted molar refractivity (Wildman–Crippen MR) is 82.2 cm³/mol. The molecule has 1 aliphatic rings. The summed E-state index contributed by atoms with van der Waals surface area (Å²) in [6, 6.07) is 3.63. The van der Waals surface area contributed by atoms with E-state index >= 15 is 0 Å². The van der Waals surface area contributed by atoms with E-state index in [2.05, 4.69) is 4.98 Å². The summed E-state index contributed by atoms with van der Waals surface area (Å²) in [5.41, 5.74) is 1.56. The maximum absolute atomic E-state index is 11.4. The Bertz CT molecular complexity index is 677. The fraction of sp³-hybridized carbons (Fsp3) is 0.231. The third kappa shape index (κ3) is 2.79. The highest BCUT2D eigenvalue weighted by Crippen LogP contribution is 2.38. The Morgan fingerprint density at radius 2 is 2.38 bits per heavy atom. The topological polar surface area (TPSA) is 79.7 Å². The molecule has 0 spiro atoms. The van der Waals surface area contributed by atoms with Gasteiger partial charge in [-0.2, -0.15) is 0 Å². The molecule has 21 heavy (non-hydrogen) atoms. The van der Waals surface area contributed by atoms with Gasteiger partial charge in [0.15, 0.2) is 0 Å². The summed E-state index contributed by atoms with van der Waals surface area (Å²) in [7, 11) is -1.05. The fourth-order valence-electron chi connectivity index (χ4n) is 2.30. The summed E-state index contributed by atoms with van der Waals surface area (Å²) in [6.07, 6.45) is 2.25. The van der Waals surface area contributed by atoms with Crippen LogP contribution in [0.25, 0.3) is 0 Å². The van der Waals surface area contributed by atoms with Gasteiger partial charge in [-0.05, 0) is 24.5 Å². The van der Waals surface area contributed by atoms with Crippen LogP contribution in [0.1, 0.15) is 21.5 Å². The molecule has 8 heteroatoms. The van der Waals surface area contributed by atoms with Crippen molar-refractivity contribution in [1.29, 1.82) is 0 Å². The van der Waals surface area contributed by atoms with Gasteiger partial charge in [-0.25, -0.2) is 9.78 Å². The second-order valence-corrected chi connectivity index (χ2v) is 7.10. The lowest BCUT2D eigenvalue weighted by Gasteiger charge is -2.28. The molecule has 0 radical (unpaired) electrons. The largest absolute Gasteiger partial charge is 0.537 e. The van der Waals surface area contributed by atoms with Crippen LogP contribution >= 0.6 is 23.1 Å². The van der Waals surface area contributed by atoms with E-state index in [9.17, 15) is 14.9 Å². The zero-order valence-corrected chi connectivity index (χ0v) is 12.8. The number of carboxylic acids is 1. The minimum Gasteiger partial charge on any atom is -0.535 e. The maximum Gasteiger partial charge on any atom is 0.537 e. The van der Waals surface area contributed by atoms with Gasteiger partial charge < -0.3 is 14.8 Å². The monoisotopic (exact) mass is 321 g/mol. The van der Waals surface area contributed by atoms with Gasteiger partial charge in [-0.15, -0.1) is 11.3 Å². The first-order chi connectivity index (χ1) is 10.1. The van der Waals surface area contributed by atoms with Crippen molar-refractivity contribution in [2.75, 3.05) is 0 Å². The van der Waals surface area contributed by atoms with Crippen molar-refractivity contribution in [3.8, 4) is 5.75 Å². The van der Waals surface area contributed by atoms with Crippen molar-refractivity contribution in [3.63, 3.8) is 0 Å². The van der Waals surface area contributed by atoms with Crippen LogP contribution in [0.2, 0.25) is 0 Å². The highest BCUT2D eigenvalue weighted by molar-refractivity contribution is 8.02. The first-order valence-corrected chi connectivity index (χ1v) is 8.09. The Morgan fingerprint density at radius 1 is 1.57 bits per heavy atom.